The van der Waals surface area contributed by atoms with E-state index in [1.807, 2.05) is 0 Å². The number of halogens is 4. The normalized spacial score (nSPS) is 25.0. The van der Waals surface area contributed by atoms with E-state index in [0.717, 1.165) is 24.3 Å². The first-order chi connectivity index (χ1) is 21.5. The van der Waals surface area contributed by atoms with Crippen molar-refractivity contribution in [1.82, 2.24) is 5.32 Å². The second kappa shape index (κ2) is 13.4. The Morgan fingerprint density at radius 1 is 1.00 bits per heavy atom. The molecule has 2 amide bonds. The number of amides is 2. The molecule has 11 nitrogen and oxygen atoms in total. The number of benzene rings is 2. The van der Waals surface area contributed by atoms with E-state index in [2.05, 4.69) is 10.6 Å². The molecule has 2 aliphatic carbocycles. The van der Waals surface area contributed by atoms with Crippen LogP contribution in [0.25, 0.3) is 0 Å². The lowest BCUT2D eigenvalue weighted by atomic mass is 9.75. The predicted molar refractivity (Wildman–Crippen MR) is 155 cm³/mol. The summed E-state index contributed by atoms with van der Waals surface area (Å²) in [6.07, 6.45) is 0.759. The Morgan fingerprint density at radius 2 is 1.67 bits per heavy atom. The summed E-state index contributed by atoms with van der Waals surface area (Å²) in [5.74, 6) is -4.49. The van der Waals surface area contributed by atoms with Gasteiger partial charge in [0.25, 0.3) is 15.7 Å². The molecule has 0 heterocycles. The fourth-order valence-corrected chi connectivity index (χ4v) is 6.57. The maximum absolute atomic E-state index is 15.0. The number of anilines is 1. The molecular formula is C30H34F4N2O9S. The Morgan fingerprint density at radius 3 is 2.26 bits per heavy atom. The zero-order valence-electron chi connectivity index (χ0n) is 25.1. The van der Waals surface area contributed by atoms with Crippen LogP contribution in [-0.2, 0) is 24.2 Å². The summed E-state index contributed by atoms with van der Waals surface area (Å²) in [6, 6.07) is 4.92. The molecular weight excluding hydrogens is 640 g/mol. The number of aliphatic carboxylic acids is 1. The first kappa shape index (κ1) is 34.9. The van der Waals surface area contributed by atoms with Crippen LogP contribution in [-0.4, -0.2) is 69.3 Å². The summed E-state index contributed by atoms with van der Waals surface area (Å²) in [5.41, 5.74) is -6.76. The number of sulfone groups is 1. The zero-order chi connectivity index (χ0) is 34.0. The molecule has 16 heteroatoms. The average molecular weight is 675 g/mol. The fraction of sp³-hybridized carbons (Fsp3) is 0.500. The van der Waals surface area contributed by atoms with Gasteiger partial charge in [-0.15, -0.1) is 0 Å². The van der Waals surface area contributed by atoms with Crippen LogP contribution in [0.2, 0.25) is 0 Å². The van der Waals surface area contributed by atoms with Crippen LogP contribution in [0.3, 0.4) is 0 Å². The molecule has 0 radical (unpaired) electrons. The largest absolute Gasteiger partial charge is 0.501 e. The van der Waals surface area contributed by atoms with E-state index in [1.54, 1.807) is 6.92 Å². The summed E-state index contributed by atoms with van der Waals surface area (Å²) in [6.45, 7) is 1.64. The predicted octanol–water partition coefficient (Wildman–Crippen LogP) is 4.70. The number of carboxylic acids is 1. The topological polar surface area (TPSA) is 157 Å². The highest BCUT2D eigenvalue weighted by atomic mass is 32.2. The smallest absolute Gasteiger partial charge is 0.496 e. The molecule has 3 unspecified atom stereocenters. The van der Waals surface area contributed by atoms with E-state index < -0.39 is 73.4 Å². The zero-order valence-corrected chi connectivity index (χ0v) is 26.0. The van der Waals surface area contributed by atoms with Crippen LogP contribution in [0.4, 0.5) is 23.2 Å². The van der Waals surface area contributed by atoms with Crippen LogP contribution >= 0.6 is 0 Å². The third kappa shape index (κ3) is 7.22. The standard InChI is InChI=1S/C30H34F4N2O9S/c1-29(28(39)40)11-9-17(10-12-29)45-24-14-20(23(44-3)15-21(24)31)27(38)36-25-19(7-8-22(25)43-2)26(37)35-16-5-4-6-18(13-16)46(41,42)30(32,33)34/h4-6,13-15,17,19,22,25H,7-12H2,1-3H3,(H,35,37)(H,36,38)(H,39,40). The summed E-state index contributed by atoms with van der Waals surface area (Å²) >= 11 is 0. The first-order valence-corrected chi connectivity index (χ1v) is 15.8. The van der Waals surface area contributed by atoms with Crippen LogP contribution in [0, 0.1) is 17.2 Å². The summed E-state index contributed by atoms with van der Waals surface area (Å²) in [7, 11) is -3.05. The number of hydrogen-bond donors (Lipinski definition) is 3. The molecule has 3 N–H and O–H groups in total. The molecule has 0 bridgehead atoms. The number of rotatable bonds is 10. The number of nitrogens with one attached hydrogen (secondary N) is 2. The number of alkyl halides is 3. The molecule has 0 aromatic heterocycles. The van der Waals surface area contributed by atoms with Crippen molar-refractivity contribution in [3.05, 3.63) is 47.8 Å². The van der Waals surface area contributed by atoms with Crippen molar-refractivity contribution in [2.45, 2.75) is 74.1 Å². The van der Waals surface area contributed by atoms with Crippen molar-refractivity contribution >= 4 is 33.3 Å². The van der Waals surface area contributed by atoms with Crippen molar-refractivity contribution in [3.8, 4) is 11.5 Å². The van der Waals surface area contributed by atoms with Crippen LogP contribution in [0.5, 0.6) is 11.5 Å². The average Bonchev–Trinajstić information content (AvgIpc) is 3.41. The Bertz CT molecular complexity index is 1590. The number of methoxy groups -OCH3 is 2. The molecule has 2 saturated carbocycles. The van der Waals surface area contributed by atoms with Crippen molar-refractivity contribution in [2.75, 3.05) is 19.5 Å². The number of ether oxygens (including phenoxy) is 3. The van der Waals surface area contributed by atoms with Crippen LogP contribution < -0.4 is 20.1 Å². The van der Waals surface area contributed by atoms with Crippen molar-refractivity contribution in [2.24, 2.45) is 11.3 Å². The Balaban J connectivity index is 1.52. The maximum Gasteiger partial charge on any atom is 0.501 e. The monoisotopic (exact) mass is 674 g/mol. The molecule has 2 aliphatic rings. The van der Waals surface area contributed by atoms with E-state index in [0.29, 0.717) is 38.2 Å². The lowest BCUT2D eigenvalue weighted by Crippen LogP contribution is -2.48. The van der Waals surface area contributed by atoms with Crippen LogP contribution in [0.15, 0.2) is 41.3 Å². The minimum absolute atomic E-state index is 0.115. The van der Waals surface area contributed by atoms with Gasteiger partial charge in [-0.25, -0.2) is 12.8 Å². The molecule has 46 heavy (non-hydrogen) atoms. The number of carbonyl (C=O) groups is 3. The molecule has 0 aliphatic heterocycles. The minimum Gasteiger partial charge on any atom is -0.496 e. The van der Waals surface area contributed by atoms with Gasteiger partial charge in [0.1, 0.15) is 5.75 Å². The Kier molecular flexibility index (Phi) is 10.2. The molecule has 3 atom stereocenters. The lowest BCUT2D eigenvalue weighted by molar-refractivity contribution is -0.150. The number of carboxylic acid groups (broad SMARTS) is 1. The fourth-order valence-electron chi connectivity index (χ4n) is 5.76. The molecule has 252 valence electrons. The molecule has 2 aromatic rings. The van der Waals surface area contributed by atoms with E-state index in [-0.39, 0.29) is 29.2 Å². The van der Waals surface area contributed by atoms with Gasteiger partial charge in [-0.05, 0) is 69.7 Å². The quantitative estimate of drug-likeness (QED) is 0.304. The van der Waals surface area contributed by atoms with E-state index in [1.165, 1.54) is 20.3 Å². The second-order valence-electron chi connectivity index (χ2n) is 11.6. The third-order valence-corrected chi connectivity index (χ3v) is 10.1. The molecule has 0 saturated heterocycles. The highest BCUT2D eigenvalue weighted by Crippen LogP contribution is 2.39. The number of carbonyl (C=O) groups excluding carboxylic acids is 2. The van der Waals surface area contributed by atoms with Gasteiger partial charge < -0.3 is 30.0 Å². The SMILES string of the molecule is COc1cc(F)c(OC2CCC(C)(C(=O)O)CC2)cc1C(=O)NC1C(OC)CCC1C(=O)Nc1cccc(S(=O)(=O)C(F)(F)F)c1. The Labute approximate surface area is 262 Å². The molecule has 2 fully saturated rings. The van der Waals surface area contributed by atoms with E-state index >= 15 is 0 Å². The molecule has 4 rings (SSSR count). The van der Waals surface area contributed by atoms with Gasteiger partial charge in [0, 0.05) is 18.9 Å². The molecule has 0 spiro atoms. The van der Waals surface area contributed by atoms with Gasteiger partial charge in [-0.2, -0.15) is 13.2 Å². The molecule has 2 aromatic carbocycles. The first-order valence-electron chi connectivity index (χ1n) is 14.3. The summed E-state index contributed by atoms with van der Waals surface area (Å²) < 4.78 is 94.3. The van der Waals surface area contributed by atoms with Crippen LogP contribution in [0.1, 0.15) is 55.8 Å². The lowest BCUT2D eigenvalue weighted by Gasteiger charge is -2.34. The highest BCUT2D eigenvalue weighted by molar-refractivity contribution is 7.92. The van der Waals surface area contributed by atoms with Crippen molar-refractivity contribution in [1.29, 1.82) is 0 Å². The van der Waals surface area contributed by atoms with Crippen molar-refractivity contribution in [3.63, 3.8) is 0 Å². The summed E-state index contributed by atoms with van der Waals surface area (Å²) in [4.78, 5) is 37.3. The summed E-state index contributed by atoms with van der Waals surface area (Å²) in [5, 5.41) is 14.6. The minimum atomic E-state index is -5.66. The van der Waals surface area contributed by atoms with E-state index in [4.69, 9.17) is 14.2 Å². The third-order valence-electron chi connectivity index (χ3n) is 8.59. The maximum atomic E-state index is 15.0. The van der Waals surface area contributed by atoms with Gasteiger partial charge >= 0.3 is 11.5 Å². The van der Waals surface area contributed by atoms with Crippen molar-refractivity contribution < 1.29 is 59.7 Å². The van der Waals surface area contributed by atoms with Gasteiger partial charge in [-0.3, -0.25) is 14.4 Å². The van der Waals surface area contributed by atoms with Gasteiger partial charge in [0.15, 0.2) is 11.6 Å². The van der Waals surface area contributed by atoms with Gasteiger partial charge in [-0.1, -0.05) is 6.07 Å². The van der Waals surface area contributed by atoms with E-state index in [9.17, 15) is 45.5 Å². The number of hydrogen-bond acceptors (Lipinski definition) is 8. The van der Waals surface area contributed by atoms with Gasteiger partial charge in [0.2, 0.25) is 5.91 Å². The Hall–Kier alpha value is -3.92. The second-order valence-corrected chi connectivity index (χ2v) is 13.5. The van der Waals surface area contributed by atoms with Gasteiger partial charge in [0.05, 0.1) is 47.2 Å². The highest BCUT2D eigenvalue weighted by Gasteiger charge is 2.47.